The first kappa shape index (κ1) is 24.1. The maximum Gasteiger partial charge on any atom is 0.339 e. The molecule has 3 rings (SSSR count). The van der Waals surface area contributed by atoms with Gasteiger partial charge in [-0.25, -0.2) is 18.2 Å². The second-order valence-corrected chi connectivity index (χ2v) is 9.07. The van der Waals surface area contributed by atoms with Crippen molar-refractivity contribution in [3.05, 3.63) is 59.1 Å². The van der Waals surface area contributed by atoms with Gasteiger partial charge in [-0.2, -0.15) is 0 Å². The Morgan fingerprint density at radius 2 is 1.94 bits per heavy atom. The molecule has 0 atom stereocenters. The van der Waals surface area contributed by atoms with Crippen molar-refractivity contribution in [2.24, 2.45) is 0 Å². The summed E-state index contributed by atoms with van der Waals surface area (Å²) in [5.74, 6) is 0.267. The van der Waals surface area contributed by atoms with Gasteiger partial charge in [0.1, 0.15) is 22.9 Å². The summed E-state index contributed by atoms with van der Waals surface area (Å²) in [5.41, 5.74) is 1.66. The Morgan fingerprint density at radius 1 is 1.24 bits per heavy atom. The molecule has 0 aliphatic rings. The Morgan fingerprint density at radius 3 is 2.52 bits per heavy atom. The first-order chi connectivity index (χ1) is 15.6. The summed E-state index contributed by atoms with van der Waals surface area (Å²) in [5, 5.41) is 13.6. The minimum atomic E-state index is -3.94. The van der Waals surface area contributed by atoms with E-state index in [1.807, 2.05) is 20.8 Å². The number of anilines is 2. The van der Waals surface area contributed by atoms with Gasteiger partial charge in [-0.3, -0.25) is 4.72 Å². The van der Waals surface area contributed by atoms with Crippen molar-refractivity contribution in [2.45, 2.75) is 32.1 Å². The summed E-state index contributed by atoms with van der Waals surface area (Å²) >= 11 is 0. The molecule has 10 nitrogen and oxygen atoms in total. The van der Waals surface area contributed by atoms with Crippen LogP contribution in [0.4, 0.5) is 11.5 Å². The smallest absolute Gasteiger partial charge is 0.339 e. The molecular formula is C22H26N4O6S. The summed E-state index contributed by atoms with van der Waals surface area (Å²) in [6, 6.07) is 7.18. The number of carbonyl (C=O) groups is 1. The Hall–Kier alpha value is -3.60. The summed E-state index contributed by atoms with van der Waals surface area (Å²) < 4.78 is 38.3. The summed E-state index contributed by atoms with van der Waals surface area (Å²) in [6.07, 6.45) is 1.88. The number of carboxylic acid groups (broad SMARTS) is 1. The topological polar surface area (TPSA) is 135 Å². The van der Waals surface area contributed by atoms with E-state index in [0.717, 1.165) is 11.3 Å². The third-order valence-electron chi connectivity index (χ3n) is 5.03. The van der Waals surface area contributed by atoms with Crippen molar-refractivity contribution in [1.29, 1.82) is 0 Å². The minimum absolute atomic E-state index is 0.0171. The van der Waals surface area contributed by atoms with E-state index in [2.05, 4.69) is 14.9 Å². The molecule has 0 fully saturated rings. The number of hydrogen-bond acceptors (Lipinski definition) is 8. The normalized spacial score (nSPS) is 11.3. The molecule has 0 aliphatic heterocycles. The van der Waals surface area contributed by atoms with E-state index in [4.69, 9.17) is 9.26 Å². The number of nitrogens with one attached hydrogen (secondary N) is 1. The van der Waals surface area contributed by atoms with Crippen LogP contribution >= 0.6 is 0 Å². The molecule has 0 unspecified atom stereocenters. The van der Waals surface area contributed by atoms with Gasteiger partial charge in [0.05, 0.1) is 29.1 Å². The summed E-state index contributed by atoms with van der Waals surface area (Å²) in [4.78, 5) is 17.8. The fraction of sp³-hybridized carbons (Fsp3) is 0.318. The second-order valence-electron chi connectivity index (χ2n) is 7.38. The predicted molar refractivity (Wildman–Crippen MR) is 123 cm³/mol. The SMILES string of the molecule is CCOc1ccc(S(=O)(=O)Nc2cnc(N(C)CCc3c(C)noc3C)c(C(=O)O)c2)cc1. The molecule has 0 saturated carbocycles. The molecule has 0 radical (unpaired) electrons. The van der Waals surface area contributed by atoms with Crippen LogP contribution in [0.5, 0.6) is 5.75 Å². The van der Waals surface area contributed by atoms with Crippen molar-refractivity contribution < 1.29 is 27.6 Å². The van der Waals surface area contributed by atoms with Crippen LogP contribution in [0, 0.1) is 13.8 Å². The van der Waals surface area contributed by atoms with E-state index in [1.54, 1.807) is 24.1 Å². The average Bonchev–Trinajstić information content (AvgIpc) is 3.09. The third-order valence-corrected chi connectivity index (χ3v) is 6.43. The number of ether oxygens (including phenoxy) is 1. The van der Waals surface area contributed by atoms with Crippen LogP contribution in [0.2, 0.25) is 0 Å². The number of benzene rings is 1. The van der Waals surface area contributed by atoms with Crippen LogP contribution in [0.1, 0.15) is 34.3 Å². The Labute approximate surface area is 192 Å². The van der Waals surface area contributed by atoms with Crippen molar-refractivity contribution in [2.75, 3.05) is 29.8 Å². The van der Waals surface area contributed by atoms with Crippen molar-refractivity contribution >= 4 is 27.5 Å². The van der Waals surface area contributed by atoms with E-state index in [-0.39, 0.29) is 22.0 Å². The third kappa shape index (κ3) is 5.61. The molecule has 0 aliphatic carbocycles. The van der Waals surface area contributed by atoms with Crippen molar-refractivity contribution in [3.63, 3.8) is 0 Å². The highest BCUT2D eigenvalue weighted by atomic mass is 32.2. The van der Waals surface area contributed by atoms with Crippen LogP contribution in [-0.2, 0) is 16.4 Å². The molecule has 2 aromatic heterocycles. The van der Waals surface area contributed by atoms with Gasteiger partial charge >= 0.3 is 5.97 Å². The number of hydrogen-bond donors (Lipinski definition) is 2. The predicted octanol–water partition coefficient (Wildman–Crippen LogP) is 3.26. The van der Waals surface area contributed by atoms with E-state index < -0.39 is 16.0 Å². The molecule has 0 amide bonds. The number of likely N-dealkylation sites (N-methyl/N-ethyl adjacent to an activating group) is 1. The number of aromatic nitrogens is 2. The fourth-order valence-electron chi connectivity index (χ4n) is 3.31. The maximum atomic E-state index is 12.7. The lowest BCUT2D eigenvalue weighted by molar-refractivity contribution is 0.0697. The highest BCUT2D eigenvalue weighted by Crippen LogP contribution is 2.24. The first-order valence-corrected chi connectivity index (χ1v) is 11.7. The second kappa shape index (κ2) is 9.90. The van der Waals surface area contributed by atoms with Gasteiger partial charge in [0, 0.05) is 19.2 Å². The minimum Gasteiger partial charge on any atom is -0.494 e. The van der Waals surface area contributed by atoms with E-state index in [9.17, 15) is 18.3 Å². The lowest BCUT2D eigenvalue weighted by atomic mass is 10.1. The molecule has 0 saturated heterocycles. The molecule has 0 spiro atoms. The zero-order valence-electron chi connectivity index (χ0n) is 18.8. The zero-order valence-corrected chi connectivity index (χ0v) is 19.6. The molecule has 3 aromatic rings. The standard InChI is InChI=1S/C22H26N4O6S/c1-5-31-17-6-8-18(9-7-17)33(29,30)25-16-12-20(22(27)28)21(23-13-16)26(4)11-10-19-14(2)24-32-15(19)3/h6-9,12-13,25H,5,10-11H2,1-4H3,(H,27,28). The Bertz CT molecular complexity index is 1220. The number of rotatable bonds is 10. The van der Waals surface area contributed by atoms with E-state index in [1.165, 1.54) is 24.4 Å². The number of sulfonamides is 1. The van der Waals surface area contributed by atoms with Crippen molar-refractivity contribution in [3.8, 4) is 5.75 Å². The van der Waals surface area contributed by atoms with Crippen LogP contribution in [0.15, 0.2) is 45.9 Å². The Kier molecular flexibility index (Phi) is 7.22. The van der Waals surface area contributed by atoms with Gasteiger partial charge in [0.15, 0.2) is 0 Å². The van der Waals surface area contributed by atoms with Crippen LogP contribution in [-0.4, -0.2) is 49.8 Å². The van der Waals surface area contributed by atoms with Gasteiger partial charge < -0.3 is 19.3 Å². The lowest BCUT2D eigenvalue weighted by Crippen LogP contribution is -2.24. The van der Waals surface area contributed by atoms with Gasteiger partial charge in [0.25, 0.3) is 10.0 Å². The largest absolute Gasteiger partial charge is 0.494 e. The van der Waals surface area contributed by atoms with E-state index in [0.29, 0.717) is 31.1 Å². The Balaban J connectivity index is 1.79. The molecular weight excluding hydrogens is 448 g/mol. The summed E-state index contributed by atoms with van der Waals surface area (Å²) in [6.45, 7) is 6.43. The number of pyridine rings is 1. The van der Waals surface area contributed by atoms with Crippen molar-refractivity contribution in [1.82, 2.24) is 10.1 Å². The molecule has 2 heterocycles. The van der Waals surface area contributed by atoms with Gasteiger partial charge in [0.2, 0.25) is 0 Å². The molecule has 2 N–H and O–H groups in total. The first-order valence-electron chi connectivity index (χ1n) is 10.2. The average molecular weight is 475 g/mol. The van der Waals surface area contributed by atoms with Gasteiger partial charge in [-0.15, -0.1) is 0 Å². The monoisotopic (exact) mass is 474 g/mol. The van der Waals surface area contributed by atoms with E-state index >= 15 is 0 Å². The highest BCUT2D eigenvalue weighted by molar-refractivity contribution is 7.92. The molecule has 176 valence electrons. The van der Waals surface area contributed by atoms with Gasteiger partial charge in [-0.1, -0.05) is 5.16 Å². The number of aromatic carboxylic acids is 1. The zero-order chi connectivity index (χ0) is 24.2. The number of aryl methyl sites for hydroxylation is 2. The summed E-state index contributed by atoms with van der Waals surface area (Å²) in [7, 11) is -2.22. The highest BCUT2D eigenvalue weighted by Gasteiger charge is 2.20. The lowest BCUT2D eigenvalue weighted by Gasteiger charge is -2.20. The van der Waals surface area contributed by atoms with Crippen LogP contribution in [0.3, 0.4) is 0 Å². The fourth-order valence-corrected chi connectivity index (χ4v) is 4.35. The molecule has 1 aromatic carbocycles. The number of carboxylic acids is 1. The molecule has 11 heteroatoms. The molecule has 33 heavy (non-hydrogen) atoms. The quantitative estimate of drug-likeness (QED) is 0.454. The van der Waals surface area contributed by atoms with Crippen LogP contribution < -0.4 is 14.4 Å². The van der Waals surface area contributed by atoms with Crippen LogP contribution in [0.25, 0.3) is 0 Å². The maximum absolute atomic E-state index is 12.7. The molecule has 0 bridgehead atoms. The van der Waals surface area contributed by atoms with Gasteiger partial charge in [-0.05, 0) is 57.5 Å². The number of nitrogens with zero attached hydrogens (tertiary/aromatic N) is 3.